The second kappa shape index (κ2) is 4.50. The number of halogens is 2. The van der Waals surface area contributed by atoms with Crippen LogP contribution >= 0.6 is 0 Å². The number of fused-ring (bicyclic) bond motifs is 2. The molecule has 3 aliphatic carbocycles. The second-order valence-corrected chi connectivity index (χ2v) is 5.50. The summed E-state index contributed by atoms with van der Waals surface area (Å²) < 4.78 is 34.4. The highest BCUT2D eigenvalue weighted by Gasteiger charge is 2.52. The minimum atomic E-state index is -3.43. The van der Waals surface area contributed by atoms with Crippen LogP contribution in [0.5, 0.6) is 0 Å². The van der Waals surface area contributed by atoms with Gasteiger partial charge in [-0.3, -0.25) is 4.79 Å². The van der Waals surface area contributed by atoms with E-state index in [1.807, 2.05) is 24.3 Å². The Hall–Kier alpha value is -2.49. The molecule has 0 amide bonds. The Morgan fingerprint density at radius 2 is 1.95 bits per heavy atom. The molecule has 0 fully saturated rings. The van der Waals surface area contributed by atoms with Crippen LogP contribution < -0.4 is 10.8 Å². The van der Waals surface area contributed by atoms with Crippen LogP contribution in [-0.2, 0) is 0 Å². The molecule has 110 valence electrons. The molecule has 0 radical (unpaired) electrons. The fraction of sp³-hybridized carbons (Fsp3) is 0.167. The van der Waals surface area contributed by atoms with E-state index in [2.05, 4.69) is 0 Å². The Balaban J connectivity index is 2.04. The molecule has 1 aromatic heterocycles. The van der Waals surface area contributed by atoms with Gasteiger partial charge in [-0.05, 0) is 18.1 Å². The molecule has 1 aromatic rings. The summed E-state index contributed by atoms with van der Waals surface area (Å²) in [6.45, 7) is 0. The Labute approximate surface area is 125 Å². The molecular formula is C18H12F2O2. The number of carbonyl (C=O) groups excluding carboxylic acids is 1. The number of hydrogen-bond acceptors (Lipinski definition) is 2. The average molecular weight is 298 g/mol. The molecule has 4 rings (SSSR count). The Morgan fingerprint density at radius 1 is 1.14 bits per heavy atom. The van der Waals surface area contributed by atoms with Gasteiger partial charge in [-0.15, -0.1) is 0 Å². The first-order valence-corrected chi connectivity index (χ1v) is 7.07. The van der Waals surface area contributed by atoms with Crippen molar-refractivity contribution in [3.63, 3.8) is 0 Å². The molecule has 1 heterocycles. The van der Waals surface area contributed by atoms with Crippen molar-refractivity contribution in [2.45, 2.75) is 12.3 Å². The molecule has 0 saturated carbocycles. The van der Waals surface area contributed by atoms with E-state index in [-0.39, 0.29) is 11.0 Å². The zero-order valence-corrected chi connectivity index (χ0v) is 11.6. The quantitative estimate of drug-likeness (QED) is 0.737. The van der Waals surface area contributed by atoms with Gasteiger partial charge >= 0.3 is 5.92 Å². The summed E-state index contributed by atoms with van der Waals surface area (Å²) in [5, 5.41) is 0. The smallest absolute Gasteiger partial charge is 0.320 e. The van der Waals surface area contributed by atoms with E-state index >= 15 is 0 Å². The van der Waals surface area contributed by atoms with Gasteiger partial charge in [0.05, 0.1) is 11.5 Å². The summed E-state index contributed by atoms with van der Waals surface area (Å²) in [4.78, 5) is 12.2. The molecule has 0 saturated heterocycles. The van der Waals surface area contributed by atoms with Gasteiger partial charge in [0.1, 0.15) is 10.8 Å². The lowest BCUT2D eigenvalue weighted by molar-refractivity contribution is -0.00601. The minimum absolute atomic E-state index is 0.0262. The van der Waals surface area contributed by atoms with Gasteiger partial charge in [-0.2, -0.15) is 8.78 Å². The zero-order chi connectivity index (χ0) is 15.3. The number of allylic oxidation sites excluding steroid dienone is 8. The highest BCUT2D eigenvalue weighted by Crippen LogP contribution is 2.39. The lowest BCUT2D eigenvalue weighted by Gasteiger charge is -2.28. The molecule has 0 aliphatic heterocycles. The molecule has 1 atom stereocenters. The summed E-state index contributed by atoms with van der Waals surface area (Å²) in [5.74, 6) is -5.84. The van der Waals surface area contributed by atoms with Crippen LogP contribution in [0.4, 0.5) is 8.78 Å². The van der Waals surface area contributed by atoms with Gasteiger partial charge in [0, 0.05) is 5.57 Å². The first-order chi connectivity index (χ1) is 10.6. The molecule has 3 aliphatic rings. The summed E-state index contributed by atoms with van der Waals surface area (Å²) in [6.07, 6.45) is 14.4. The summed E-state index contributed by atoms with van der Waals surface area (Å²) in [7, 11) is 0. The van der Waals surface area contributed by atoms with Crippen LogP contribution in [0, 0.1) is 5.92 Å². The average Bonchev–Trinajstić information content (AvgIpc) is 2.99. The van der Waals surface area contributed by atoms with E-state index in [4.69, 9.17) is 4.42 Å². The lowest BCUT2D eigenvalue weighted by Crippen LogP contribution is -2.44. The molecule has 0 bridgehead atoms. The van der Waals surface area contributed by atoms with E-state index in [0.29, 0.717) is 17.4 Å². The van der Waals surface area contributed by atoms with E-state index in [9.17, 15) is 13.6 Å². The van der Waals surface area contributed by atoms with Crippen LogP contribution in [0.2, 0.25) is 0 Å². The van der Waals surface area contributed by atoms with Crippen LogP contribution in [-0.4, -0.2) is 11.7 Å². The van der Waals surface area contributed by atoms with Gasteiger partial charge < -0.3 is 4.42 Å². The predicted molar refractivity (Wildman–Crippen MR) is 78.7 cm³/mol. The number of Topliss-reactive ketones (excluding diaryl/α,β-unsaturated/α-hetero) is 1. The van der Waals surface area contributed by atoms with Crippen molar-refractivity contribution in [3.8, 4) is 0 Å². The third-order valence-corrected chi connectivity index (χ3v) is 4.16. The van der Waals surface area contributed by atoms with E-state index in [0.717, 1.165) is 5.57 Å². The molecule has 2 nitrogen and oxygen atoms in total. The molecule has 22 heavy (non-hydrogen) atoms. The maximum atomic E-state index is 14.3. The standard InChI is InChI=1S/C18H12F2O2/c19-18(20)14-9-5-4-8-12(14)16-13(17(18)21)10-15(22-16)11-6-2-1-3-7-11/h1-6,8-10,14H,7H2. The van der Waals surface area contributed by atoms with Gasteiger partial charge in [0.15, 0.2) is 0 Å². The van der Waals surface area contributed by atoms with Crippen molar-refractivity contribution in [1.82, 2.24) is 0 Å². The molecule has 4 heteroatoms. The van der Waals surface area contributed by atoms with Crippen LogP contribution in [0.25, 0.3) is 11.1 Å². The lowest BCUT2D eigenvalue weighted by atomic mass is 9.80. The van der Waals surface area contributed by atoms with Gasteiger partial charge in [-0.1, -0.05) is 48.6 Å². The van der Waals surface area contributed by atoms with Crippen molar-refractivity contribution in [1.29, 1.82) is 0 Å². The summed E-state index contributed by atoms with van der Waals surface area (Å²) in [5.41, 5.74) is 1.96. The van der Waals surface area contributed by atoms with Crippen molar-refractivity contribution in [2.75, 3.05) is 0 Å². The third-order valence-electron chi connectivity index (χ3n) is 4.16. The number of carbonyl (C=O) groups is 1. The van der Waals surface area contributed by atoms with Crippen LogP contribution in [0.15, 0.2) is 59.1 Å². The Bertz CT molecular complexity index is 907. The fourth-order valence-corrected chi connectivity index (χ4v) is 3.02. The van der Waals surface area contributed by atoms with E-state index in [1.165, 1.54) is 18.2 Å². The van der Waals surface area contributed by atoms with Crippen molar-refractivity contribution in [2.24, 2.45) is 5.92 Å². The SMILES string of the molecule is O=C1c2cc(=C3C=CC=CC3)oc2=C2C=CC=CC2C1(F)F. The van der Waals surface area contributed by atoms with Crippen molar-refractivity contribution < 1.29 is 18.0 Å². The number of furan rings is 1. The minimum Gasteiger partial charge on any atom is -0.456 e. The largest absolute Gasteiger partial charge is 0.456 e. The summed E-state index contributed by atoms with van der Waals surface area (Å²) in [6, 6.07) is 1.44. The predicted octanol–water partition coefficient (Wildman–Crippen LogP) is 2.67. The number of ketones is 1. The molecule has 0 spiro atoms. The third kappa shape index (κ3) is 1.73. The Morgan fingerprint density at radius 3 is 2.73 bits per heavy atom. The maximum absolute atomic E-state index is 14.3. The van der Waals surface area contributed by atoms with E-state index in [1.54, 1.807) is 12.2 Å². The first kappa shape index (κ1) is 13.2. The van der Waals surface area contributed by atoms with Crippen molar-refractivity contribution >= 4 is 16.9 Å². The van der Waals surface area contributed by atoms with Crippen molar-refractivity contribution in [3.05, 3.63) is 71.1 Å². The fourth-order valence-electron chi connectivity index (χ4n) is 3.02. The van der Waals surface area contributed by atoms with Gasteiger partial charge in [0.2, 0.25) is 5.78 Å². The highest BCUT2D eigenvalue weighted by atomic mass is 19.3. The number of rotatable bonds is 0. The second-order valence-electron chi connectivity index (χ2n) is 5.50. The maximum Gasteiger partial charge on any atom is 0.320 e. The number of alkyl halides is 2. The topological polar surface area (TPSA) is 30.2 Å². The molecular weight excluding hydrogens is 286 g/mol. The highest BCUT2D eigenvalue weighted by molar-refractivity contribution is 6.05. The van der Waals surface area contributed by atoms with Gasteiger partial charge in [0.25, 0.3) is 0 Å². The molecule has 0 N–H and O–H groups in total. The van der Waals surface area contributed by atoms with Crippen LogP contribution in [0.3, 0.4) is 0 Å². The molecule has 1 unspecified atom stereocenters. The monoisotopic (exact) mass is 298 g/mol. The number of hydrogen-bond donors (Lipinski definition) is 0. The Kier molecular flexibility index (Phi) is 2.70. The van der Waals surface area contributed by atoms with E-state index < -0.39 is 17.6 Å². The first-order valence-electron chi connectivity index (χ1n) is 7.07. The van der Waals surface area contributed by atoms with Crippen LogP contribution in [0.1, 0.15) is 16.8 Å². The molecule has 0 aromatic carbocycles. The summed E-state index contributed by atoms with van der Waals surface area (Å²) >= 11 is 0. The zero-order valence-electron chi connectivity index (χ0n) is 11.6. The van der Waals surface area contributed by atoms with Gasteiger partial charge in [-0.25, -0.2) is 0 Å². The normalized spacial score (nSPS) is 27.1.